The van der Waals surface area contributed by atoms with Crippen molar-refractivity contribution in [1.29, 1.82) is 0 Å². The summed E-state index contributed by atoms with van der Waals surface area (Å²) in [6, 6.07) is 9.52. The number of carbonyl (C=O) groups is 2. The molecule has 1 aliphatic rings. The lowest BCUT2D eigenvalue weighted by Gasteiger charge is -2.30. The minimum atomic E-state index is -1.07. The Morgan fingerprint density at radius 3 is 2.62 bits per heavy atom. The molecule has 0 amide bonds. The molecule has 1 aromatic rings. The maximum Gasteiger partial charge on any atom is 0.305 e. The molecule has 0 heterocycles. The molecule has 4 nitrogen and oxygen atoms in total. The lowest BCUT2D eigenvalue weighted by molar-refractivity contribution is -0.140. The number of esters is 1. The number of ether oxygens (including phenoxy) is 1. The predicted octanol–water partition coefficient (Wildman–Crippen LogP) is 4.29. The average molecular weight is 379 g/mol. The van der Waals surface area contributed by atoms with Crippen LogP contribution < -0.4 is 0 Å². The van der Waals surface area contributed by atoms with Crippen LogP contribution >= 0.6 is 0 Å². The van der Waals surface area contributed by atoms with E-state index in [0.717, 1.165) is 43.4 Å². The Balaban J connectivity index is 1.82. The number of rotatable bonds is 10. The first-order valence-electron chi connectivity index (χ1n) is 9.49. The fourth-order valence-corrected chi connectivity index (χ4v) is 5.43. The van der Waals surface area contributed by atoms with Crippen molar-refractivity contribution < 1.29 is 18.9 Å². The largest absolute Gasteiger partial charge is 0.611 e. The van der Waals surface area contributed by atoms with Crippen molar-refractivity contribution in [2.75, 3.05) is 12.9 Å². The summed E-state index contributed by atoms with van der Waals surface area (Å²) in [6.45, 7) is 2.13. The van der Waals surface area contributed by atoms with Gasteiger partial charge in [-0.2, -0.15) is 0 Å². The van der Waals surface area contributed by atoms with Crippen molar-refractivity contribution in [1.82, 2.24) is 0 Å². The summed E-state index contributed by atoms with van der Waals surface area (Å²) in [5.74, 6) is 0.727. The van der Waals surface area contributed by atoms with Crippen LogP contribution in [0.4, 0.5) is 0 Å². The summed E-state index contributed by atoms with van der Waals surface area (Å²) in [7, 11) is 1.41. The third kappa shape index (κ3) is 5.85. The molecule has 1 saturated carbocycles. The fraction of sp³-hybridized carbons (Fsp3) is 0.619. The Morgan fingerprint density at radius 1 is 1.23 bits per heavy atom. The van der Waals surface area contributed by atoms with Gasteiger partial charge in [-0.3, -0.25) is 9.59 Å². The highest BCUT2D eigenvalue weighted by atomic mass is 32.2. The molecule has 0 N–H and O–H groups in total. The molecule has 0 spiro atoms. The summed E-state index contributed by atoms with van der Waals surface area (Å²) in [6.07, 6.45) is 6.56. The van der Waals surface area contributed by atoms with E-state index in [2.05, 4.69) is 11.7 Å². The van der Waals surface area contributed by atoms with Crippen LogP contribution in [-0.2, 0) is 25.5 Å². The number of methoxy groups -OCH3 is 1. The molecule has 0 bridgehead atoms. The van der Waals surface area contributed by atoms with Gasteiger partial charge in [0.15, 0.2) is 4.90 Å². The van der Waals surface area contributed by atoms with Gasteiger partial charge in [0.25, 0.3) is 0 Å². The van der Waals surface area contributed by atoms with Crippen LogP contribution in [0, 0.1) is 11.3 Å². The van der Waals surface area contributed by atoms with Gasteiger partial charge in [0.05, 0.1) is 7.11 Å². The second-order valence-corrected chi connectivity index (χ2v) is 8.96. The molecule has 0 saturated heterocycles. The van der Waals surface area contributed by atoms with E-state index in [-0.39, 0.29) is 17.3 Å². The molecule has 5 heteroatoms. The molecule has 1 fully saturated rings. The van der Waals surface area contributed by atoms with Crippen LogP contribution in [0.2, 0.25) is 0 Å². The zero-order chi connectivity index (χ0) is 19.0. The monoisotopic (exact) mass is 378 g/mol. The molecule has 3 atom stereocenters. The maximum atomic E-state index is 12.7. The molecule has 1 aromatic carbocycles. The van der Waals surface area contributed by atoms with Crippen LogP contribution in [-0.4, -0.2) is 29.2 Å². The maximum absolute atomic E-state index is 12.7. The van der Waals surface area contributed by atoms with Gasteiger partial charge in [0, 0.05) is 24.2 Å². The molecule has 26 heavy (non-hydrogen) atoms. The second-order valence-electron chi connectivity index (χ2n) is 7.50. The quantitative estimate of drug-likeness (QED) is 0.346. The number of unbranched alkanes of at least 4 members (excludes halogenated alkanes) is 3. The molecule has 144 valence electrons. The third-order valence-corrected chi connectivity index (χ3v) is 7.21. The van der Waals surface area contributed by atoms with E-state index in [1.807, 2.05) is 30.3 Å². The zero-order valence-corrected chi connectivity index (χ0v) is 16.7. The van der Waals surface area contributed by atoms with Gasteiger partial charge < -0.3 is 9.29 Å². The molecule has 0 radical (unpaired) electrons. The van der Waals surface area contributed by atoms with Crippen molar-refractivity contribution in [3.8, 4) is 0 Å². The minimum absolute atomic E-state index is 0.00997. The standard InChI is InChI=1S/C21H30O4S/c1-21(16-26(24)17-10-6-5-7-11-17)15-14-19(22)18(21)12-8-3-4-9-13-20(23)25-2/h5-7,10-11,18H,3-4,8-9,12-16H2,1-2H3. The van der Waals surface area contributed by atoms with E-state index in [1.54, 1.807) is 0 Å². The van der Waals surface area contributed by atoms with Crippen molar-refractivity contribution in [2.45, 2.75) is 63.2 Å². The van der Waals surface area contributed by atoms with Crippen LogP contribution in [0.1, 0.15) is 58.3 Å². The fourth-order valence-electron chi connectivity index (χ4n) is 3.86. The molecular formula is C21H30O4S. The Hall–Kier alpha value is -1.33. The Morgan fingerprint density at radius 2 is 1.92 bits per heavy atom. The van der Waals surface area contributed by atoms with Gasteiger partial charge in [0.2, 0.25) is 0 Å². The highest BCUT2D eigenvalue weighted by Gasteiger charge is 2.47. The van der Waals surface area contributed by atoms with Gasteiger partial charge in [0.1, 0.15) is 11.5 Å². The van der Waals surface area contributed by atoms with Gasteiger partial charge in [-0.1, -0.05) is 44.4 Å². The average Bonchev–Trinajstić information content (AvgIpc) is 2.92. The van der Waals surface area contributed by atoms with Crippen LogP contribution in [0.25, 0.3) is 0 Å². The second kappa shape index (κ2) is 10.1. The molecule has 3 unspecified atom stereocenters. The summed E-state index contributed by atoms with van der Waals surface area (Å²) in [5.41, 5.74) is -0.177. The van der Waals surface area contributed by atoms with E-state index in [0.29, 0.717) is 24.4 Å². The Labute approximate surface area is 159 Å². The van der Waals surface area contributed by atoms with Crippen molar-refractivity contribution in [3.63, 3.8) is 0 Å². The van der Waals surface area contributed by atoms with E-state index in [4.69, 9.17) is 0 Å². The highest BCUT2D eigenvalue weighted by Crippen LogP contribution is 2.45. The number of hydrogen-bond donors (Lipinski definition) is 0. The number of carbonyl (C=O) groups excluding carboxylic acids is 2. The first-order chi connectivity index (χ1) is 12.5. The minimum Gasteiger partial charge on any atom is -0.611 e. The SMILES string of the molecule is COC(=O)CCCCCCC1C(=O)CCC1(C)C[S+]([O-])c1ccccc1. The predicted molar refractivity (Wildman–Crippen MR) is 103 cm³/mol. The third-order valence-electron chi connectivity index (χ3n) is 5.49. The Kier molecular flexibility index (Phi) is 8.16. The van der Waals surface area contributed by atoms with E-state index in [9.17, 15) is 14.1 Å². The Bertz CT molecular complexity index is 589. The van der Waals surface area contributed by atoms with E-state index >= 15 is 0 Å². The molecule has 0 aromatic heterocycles. The number of hydrogen-bond acceptors (Lipinski definition) is 4. The van der Waals surface area contributed by atoms with E-state index < -0.39 is 11.2 Å². The lowest BCUT2D eigenvalue weighted by atomic mass is 9.78. The lowest BCUT2D eigenvalue weighted by Crippen LogP contribution is -2.33. The van der Waals surface area contributed by atoms with Crippen LogP contribution in [0.15, 0.2) is 35.2 Å². The summed E-state index contributed by atoms with van der Waals surface area (Å²) >= 11 is -1.07. The summed E-state index contributed by atoms with van der Waals surface area (Å²) in [4.78, 5) is 24.3. The normalized spacial score (nSPS) is 23.8. The molecule has 2 rings (SSSR count). The van der Waals surface area contributed by atoms with Crippen molar-refractivity contribution in [2.24, 2.45) is 11.3 Å². The molecule has 1 aliphatic carbocycles. The smallest absolute Gasteiger partial charge is 0.305 e. The van der Waals surface area contributed by atoms with Gasteiger partial charge in [-0.05, 0) is 42.6 Å². The van der Waals surface area contributed by atoms with Gasteiger partial charge in [-0.25, -0.2) is 0 Å². The van der Waals surface area contributed by atoms with Gasteiger partial charge in [-0.15, -0.1) is 0 Å². The topological polar surface area (TPSA) is 66.4 Å². The first kappa shape index (κ1) is 21.0. The van der Waals surface area contributed by atoms with E-state index in [1.165, 1.54) is 7.11 Å². The first-order valence-corrected chi connectivity index (χ1v) is 10.8. The van der Waals surface area contributed by atoms with Crippen molar-refractivity contribution >= 4 is 22.9 Å². The van der Waals surface area contributed by atoms with Crippen LogP contribution in [0.5, 0.6) is 0 Å². The molecular weight excluding hydrogens is 348 g/mol. The summed E-state index contributed by atoms with van der Waals surface area (Å²) < 4.78 is 17.4. The number of ketones is 1. The van der Waals surface area contributed by atoms with Gasteiger partial charge >= 0.3 is 5.97 Å². The molecule has 0 aliphatic heterocycles. The number of benzene rings is 1. The highest BCUT2D eigenvalue weighted by molar-refractivity contribution is 7.91. The van der Waals surface area contributed by atoms with Crippen LogP contribution in [0.3, 0.4) is 0 Å². The zero-order valence-electron chi connectivity index (χ0n) is 15.9. The number of Topliss-reactive ketones (excluding diaryl/α,β-unsaturated/α-hetero) is 1. The summed E-state index contributed by atoms with van der Waals surface area (Å²) in [5, 5.41) is 0. The van der Waals surface area contributed by atoms with Crippen molar-refractivity contribution in [3.05, 3.63) is 30.3 Å².